The summed E-state index contributed by atoms with van der Waals surface area (Å²) in [6.07, 6.45) is 0.234. The molecule has 130 valence electrons. The summed E-state index contributed by atoms with van der Waals surface area (Å²) in [5.41, 5.74) is 0.951. The topological polar surface area (TPSA) is 104 Å². The van der Waals surface area contributed by atoms with Crippen LogP contribution in [0.2, 0.25) is 0 Å². The van der Waals surface area contributed by atoms with E-state index in [9.17, 15) is 19.7 Å². The van der Waals surface area contributed by atoms with Crippen molar-refractivity contribution in [2.75, 3.05) is 31.1 Å². The number of non-ortho nitro benzene ring substituents is 1. The molecular weight excluding hydrogens is 314 g/mol. The number of amides is 1. The molecule has 0 aliphatic carbocycles. The zero-order valence-corrected chi connectivity index (χ0v) is 13.6. The largest absolute Gasteiger partial charge is 0.481 e. The number of anilines is 1. The third kappa shape index (κ3) is 4.68. The molecule has 1 N–H and O–H groups in total. The normalized spacial score (nSPS) is 15.9. The van der Waals surface area contributed by atoms with Gasteiger partial charge in [0.15, 0.2) is 0 Å². The molecule has 1 aromatic rings. The van der Waals surface area contributed by atoms with Gasteiger partial charge in [-0.05, 0) is 18.1 Å². The van der Waals surface area contributed by atoms with Crippen LogP contribution < -0.4 is 4.90 Å². The van der Waals surface area contributed by atoms with E-state index in [-0.39, 0.29) is 30.4 Å². The van der Waals surface area contributed by atoms with Crippen LogP contribution in [-0.4, -0.2) is 53.0 Å². The zero-order chi connectivity index (χ0) is 17.7. The number of hydrogen-bond donors (Lipinski definition) is 1. The number of nitro groups is 1. The zero-order valence-electron chi connectivity index (χ0n) is 13.6. The summed E-state index contributed by atoms with van der Waals surface area (Å²) in [6, 6.07) is 6.37. The Morgan fingerprint density at radius 2 is 1.75 bits per heavy atom. The van der Waals surface area contributed by atoms with Crippen LogP contribution in [0.25, 0.3) is 0 Å². The van der Waals surface area contributed by atoms with Crippen LogP contribution in [0, 0.1) is 16.0 Å². The number of nitrogens with zero attached hydrogens (tertiary/aromatic N) is 3. The number of aliphatic carboxylic acids is 1. The smallest absolute Gasteiger partial charge is 0.303 e. The minimum absolute atomic E-state index is 0.00546. The Bertz CT molecular complexity index is 609. The fourth-order valence-corrected chi connectivity index (χ4v) is 2.80. The number of carboxylic acid groups (broad SMARTS) is 1. The van der Waals surface area contributed by atoms with Crippen molar-refractivity contribution in [2.45, 2.75) is 19.8 Å². The Hall–Kier alpha value is -2.64. The lowest BCUT2D eigenvalue weighted by atomic mass is 10.0. The van der Waals surface area contributed by atoms with Gasteiger partial charge in [0.1, 0.15) is 0 Å². The third-order valence-electron chi connectivity index (χ3n) is 4.10. The number of carboxylic acids is 1. The van der Waals surface area contributed by atoms with Gasteiger partial charge in [0.25, 0.3) is 5.69 Å². The number of hydrogen-bond acceptors (Lipinski definition) is 5. The van der Waals surface area contributed by atoms with E-state index in [1.54, 1.807) is 24.0 Å². The van der Waals surface area contributed by atoms with E-state index in [1.165, 1.54) is 12.1 Å². The maximum Gasteiger partial charge on any atom is 0.303 e. The van der Waals surface area contributed by atoms with E-state index in [1.807, 2.05) is 0 Å². The average molecular weight is 335 g/mol. The SMILES string of the molecule is C[C@H](CC(=O)O)CC(=O)N1CCN(c2ccc([N+](=O)[O-])cc2)CC1. The lowest BCUT2D eigenvalue weighted by molar-refractivity contribution is -0.384. The fraction of sp³-hybridized carbons (Fsp3) is 0.500. The van der Waals surface area contributed by atoms with Crippen molar-refractivity contribution in [1.29, 1.82) is 0 Å². The number of nitro benzene ring substituents is 1. The van der Waals surface area contributed by atoms with Gasteiger partial charge in [-0.1, -0.05) is 6.92 Å². The first-order chi connectivity index (χ1) is 11.4. The molecule has 1 amide bonds. The Kier molecular flexibility index (Phi) is 5.73. The molecule has 1 heterocycles. The van der Waals surface area contributed by atoms with Crippen molar-refractivity contribution >= 4 is 23.3 Å². The summed E-state index contributed by atoms with van der Waals surface area (Å²) < 4.78 is 0. The number of rotatable bonds is 6. The first-order valence-corrected chi connectivity index (χ1v) is 7.86. The maximum atomic E-state index is 12.2. The van der Waals surface area contributed by atoms with Crippen LogP contribution in [0.1, 0.15) is 19.8 Å². The van der Waals surface area contributed by atoms with Crippen molar-refractivity contribution in [3.05, 3.63) is 34.4 Å². The van der Waals surface area contributed by atoms with E-state index in [0.717, 1.165) is 5.69 Å². The lowest BCUT2D eigenvalue weighted by Gasteiger charge is -2.36. The molecule has 0 aromatic heterocycles. The van der Waals surface area contributed by atoms with E-state index in [0.29, 0.717) is 26.2 Å². The Morgan fingerprint density at radius 1 is 1.17 bits per heavy atom. The average Bonchev–Trinajstić information content (AvgIpc) is 2.54. The van der Waals surface area contributed by atoms with Crippen LogP contribution in [-0.2, 0) is 9.59 Å². The minimum atomic E-state index is -0.890. The van der Waals surface area contributed by atoms with E-state index >= 15 is 0 Å². The highest BCUT2D eigenvalue weighted by atomic mass is 16.6. The summed E-state index contributed by atoms with van der Waals surface area (Å²) in [4.78, 5) is 36.9. The molecule has 1 aliphatic rings. The second-order valence-electron chi connectivity index (χ2n) is 6.05. The van der Waals surface area contributed by atoms with Gasteiger partial charge in [-0.25, -0.2) is 0 Å². The van der Waals surface area contributed by atoms with Gasteiger partial charge >= 0.3 is 5.97 Å². The molecule has 0 unspecified atom stereocenters. The summed E-state index contributed by atoms with van der Waals surface area (Å²) in [7, 11) is 0. The molecule has 1 saturated heterocycles. The monoisotopic (exact) mass is 335 g/mol. The Balaban J connectivity index is 1.85. The first kappa shape index (κ1) is 17.7. The molecule has 8 heteroatoms. The summed E-state index contributed by atoms with van der Waals surface area (Å²) >= 11 is 0. The Morgan fingerprint density at radius 3 is 2.25 bits per heavy atom. The number of carbonyl (C=O) groups excluding carboxylic acids is 1. The molecule has 0 bridgehead atoms. The standard InChI is InChI=1S/C16H21N3O5/c1-12(11-16(21)22)10-15(20)18-8-6-17(7-9-18)13-2-4-14(5-3-13)19(23)24/h2-5,12H,6-11H2,1H3,(H,21,22)/t12-/m0/s1. The predicted octanol–water partition coefficient (Wildman–Crippen LogP) is 1.74. The molecule has 8 nitrogen and oxygen atoms in total. The van der Waals surface area contributed by atoms with Crippen molar-refractivity contribution in [2.24, 2.45) is 5.92 Å². The highest BCUT2D eigenvalue weighted by Gasteiger charge is 2.23. The third-order valence-corrected chi connectivity index (χ3v) is 4.10. The number of benzene rings is 1. The molecule has 2 rings (SSSR count). The molecule has 0 spiro atoms. The minimum Gasteiger partial charge on any atom is -0.481 e. The summed E-state index contributed by atoms with van der Waals surface area (Å²) in [5.74, 6) is -1.09. The molecule has 1 aliphatic heterocycles. The highest BCUT2D eigenvalue weighted by Crippen LogP contribution is 2.21. The van der Waals surface area contributed by atoms with Crippen molar-refractivity contribution in [3.8, 4) is 0 Å². The van der Waals surface area contributed by atoms with Gasteiger partial charge in [0.05, 0.1) is 4.92 Å². The van der Waals surface area contributed by atoms with Crippen LogP contribution >= 0.6 is 0 Å². The van der Waals surface area contributed by atoms with Crippen LogP contribution in [0.4, 0.5) is 11.4 Å². The molecule has 0 radical (unpaired) electrons. The predicted molar refractivity (Wildman–Crippen MR) is 87.9 cm³/mol. The van der Waals surface area contributed by atoms with Gasteiger partial charge in [-0.2, -0.15) is 0 Å². The van der Waals surface area contributed by atoms with Gasteiger partial charge in [0.2, 0.25) is 5.91 Å². The van der Waals surface area contributed by atoms with Gasteiger partial charge in [-0.15, -0.1) is 0 Å². The summed E-state index contributed by atoms with van der Waals surface area (Å²) in [6.45, 7) is 4.19. The van der Waals surface area contributed by atoms with E-state index in [2.05, 4.69) is 4.90 Å². The lowest BCUT2D eigenvalue weighted by Crippen LogP contribution is -2.49. The fourth-order valence-electron chi connectivity index (χ4n) is 2.80. The highest BCUT2D eigenvalue weighted by molar-refractivity contribution is 5.77. The summed E-state index contributed by atoms with van der Waals surface area (Å²) in [5, 5.41) is 19.4. The number of carbonyl (C=O) groups is 2. The second kappa shape index (κ2) is 7.76. The van der Waals surface area contributed by atoms with Gasteiger partial charge in [0, 0.05) is 56.8 Å². The van der Waals surface area contributed by atoms with Gasteiger partial charge < -0.3 is 14.9 Å². The maximum absolute atomic E-state index is 12.2. The van der Waals surface area contributed by atoms with Crippen molar-refractivity contribution in [3.63, 3.8) is 0 Å². The molecule has 0 saturated carbocycles. The molecule has 1 fully saturated rings. The first-order valence-electron chi connectivity index (χ1n) is 7.86. The molecule has 1 atom stereocenters. The van der Waals surface area contributed by atoms with Crippen molar-refractivity contribution < 1.29 is 19.6 Å². The molecule has 1 aromatic carbocycles. The quantitative estimate of drug-likeness (QED) is 0.627. The number of piperazine rings is 1. The van der Waals surface area contributed by atoms with Crippen molar-refractivity contribution in [1.82, 2.24) is 4.90 Å². The second-order valence-corrected chi connectivity index (χ2v) is 6.05. The Labute approximate surface area is 139 Å². The van der Waals surface area contributed by atoms with Crippen LogP contribution in [0.15, 0.2) is 24.3 Å². The van der Waals surface area contributed by atoms with E-state index in [4.69, 9.17) is 5.11 Å². The van der Waals surface area contributed by atoms with Crippen LogP contribution in [0.5, 0.6) is 0 Å². The molecular formula is C16H21N3O5. The van der Waals surface area contributed by atoms with Gasteiger partial charge in [-0.3, -0.25) is 19.7 Å². The van der Waals surface area contributed by atoms with Crippen LogP contribution in [0.3, 0.4) is 0 Å². The van der Waals surface area contributed by atoms with E-state index < -0.39 is 10.9 Å². The molecule has 24 heavy (non-hydrogen) atoms.